The summed E-state index contributed by atoms with van der Waals surface area (Å²) in [5.74, 6) is -0.450. The van der Waals surface area contributed by atoms with E-state index in [9.17, 15) is 22.8 Å². The minimum Gasteiger partial charge on any atom is -0.397 e. The third kappa shape index (κ3) is 5.07. The summed E-state index contributed by atoms with van der Waals surface area (Å²) in [6.07, 6.45) is -3.91. The summed E-state index contributed by atoms with van der Waals surface area (Å²) in [4.78, 5) is 23.2. The van der Waals surface area contributed by atoms with Crippen molar-refractivity contribution in [1.82, 2.24) is 0 Å². The molecule has 0 atom stereocenters. The highest BCUT2D eigenvalue weighted by Crippen LogP contribution is 2.29. The zero-order chi connectivity index (χ0) is 18.6. The first-order valence-corrected chi connectivity index (χ1v) is 7.53. The van der Waals surface area contributed by atoms with Gasteiger partial charge in [-0.3, -0.25) is 9.59 Å². The molecule has 0 bridgehead atoms. The molecule has 0 unspecified atom stereocenters. The molecule has 0 saturated carbocycles. The van der Waals surface area contributed by atoms with Gasteiger partial charge in [-0.2, -0.15) is 13.2 Å². The fraction of sp³-hybridized carbons (Fsp3) is 0.222. The molecule has 7 heteroatoms. The lowest BCUT2D eigenvalue weighted by molar-refractivity contribution is -0.137. The number of nitrogen functional groups attached to an aromatic ring is 1. The molecule has 2 aromatic rings. The van der Waals surface area contributed by atoms with Crippen LogP contribution in [0.1, 0.15) is 34.8 Å². The number of hydrogen-bond acceptors (Lipinski definition) is 3. The van der Waals surface area contributed by atoms with Crippen LogP contribution in [0.25, 0.3) is 0 Å². The predicted octanol–water partition coefficient (Wildman–Crippen LogP) is 4.06. The van der Waals surface area contributed by atoms with E-state index < -0.39 is 11.7 Å². The fourth-order valence-corrected chi connectivity index (χ4v) is 2.30. The summed E-state index contributed by atoms with van der Waals surface area (Å²) in [5, 5.41) is 2.55. The zero-order valence-electron chi connectivity index (χ0n) is 13.5. The van der Waals surface area contributed by atoms with Gasteiger partial charge in [0, 0.05) is 18.9 Å². The first kappa shape index (κ1) is 18.5. The number of Topliss-reactive ketones (excluding diaryl/α,β-unsaturated/α-hetero) is 1. The fourth-order valence-electron chi connectivity index (χ4n) is 2.30. The van der Waals surface area contributed by atoms with E-state index in [-0.39, 0.29) is 23.8 Å². The Hall–Kier alpha value is -2.83. The highest BCUT2D eigenvalue weighted by molar-refractivity contribution is 5.99. The van der Waals surface area contributed by atoms with Gasteiger partial charge < -0.3 is 11.1 Å². The topological polar surface area (TPSA) is 72.2 Å². The van der Waals surface area contributed by atoms with E-state index in [1.807, 2.05) is 0 Å². The molecule has 0 fully saturated rings. The third-order valence-electron chi connectivity index (χ3n) is 3.61. The maximum atomic E-state index is 12.5. The number of halogens is 3. The Morgan fingerprint density at radius 3 is 2.24 bits per heavy atom. The number of alkyl halides is 3. The molecule has 0 spiro atoms. The van der Waals surface area contributed by atoms with Crippen molar-refractivity contribution in [2.75, 3.05) is 11.1 Å². The van der Waals surface area contributed by atoms with Crippen LogP contribution in [0.15, 0.2) is 42.5 Å². The van der Waals surface area contributed by atoms with Crippen LogP contribution >= 0.6 is 0 Å². The van der Waals surface area contributed by atoms with E-state index >= 15 is 0 Å². The van der Waals surface area contributed by atoms with Gasteiger partial charge in [-0.25, -0.2) is 0 Å². The summed E-state index contributed by atoms with van der Waals surface area (Å²) in [6, 6.07) is 9.30. The molecule has 2 aromatic carbocycles. The van der Waals surface area contributed by atoms with E-state index in [0.717, 1.165) is 12.1 Å². The summed E-state index contributed by atoms with van der Waals surface area (Å²) in [5.41, 5.74) is 6.81. The number of ketones is 1. The van der Waals surface area contributed by atoms with Crippen molar-refractivity contribution < 1.29 is 22.8 Å². The van der Waals surface area contributed by atoms with Gasteiger partial charge in [0.15, 0.2) is 5.78 Å². The monoisotopic (exact) mass is 350 g/mol. The van der Waals surface area contributed by atoms with Crippen LogP contribution in [-0.2, 0) is 17.4 Å². The average Bonchev–Trinajstić information content (AvgIpc) is 2.53. The van der Waals surface area contributed by atoms with Gasteiger partial charge in [0.25, 0.3) is 0 Å². The van der Waals surface area contributed by atoms with Crippen LogP contribution < -0.4 is 11.1 Å². The maximum absolute atomic E-state index is 12.5. The molecule has 132 valence electrons. The molecule has 4 nitrogen and oxygen atoms in total. The standard InChI is InChI=1S/C18H17F3N2O2/c1-11(24)23-16-8-5-13(10-15(16)22)17(25)9-4-12-2-6-14(7-3-12)18(19,20)21/h2-3,5-8,10H,4,9,22H2,1H3,(H,23,24). The molecule has 1 amide bonds. The smallest absolute Gasteiger partial charge is 0.397 e. The van der Waals surface area contributed by atoms with Gasteiger partial charge >= 0.3 is 6.18 Å². The number of nitrogens with two attached hydrogens (primary N) is 1. The summed E-state index contributed by atoms with van der Waals surface area (Å²) < 4.78 is 37.5. The number of rotatable bonds is 5. The summed E-state index contributed by atoms with van der Waals surface area (Å²) >= 11 is 0. The number of hydrogen-bond donors (Lipinski definition) is 2. The van der Waals surface area contributed by atoms with E-state index in [1.54, 1.807) is 12.1 Å². The van der Waals surface area contributed by atoms with Gasteiger partial charge in [0.2, 0.25) is 5.91 Å². The van der Waals surface area contributed by atoms with Crippen molar-refractivity contribution in [1.29, 1.82) is 0 Å². The normalized spacial score (nSPS) is 11.2. The number of amides is 1. The van der Waals surface area contributed by atoms with Crippen LogP contribution in [-0.4, -0.2) is 11.7 Å². The quantitative estimate of drug-likeness (QED) is 0.631. The number of anilines is 2. The zero-order valence-corrected chi connectivity index (χ0v) is 13.5. The van der Waals surface area contributed by atoms with Crippen molar-refractivity contribution in [2.24, 2.45) is 0 Å². The molecule has 0 saturated heterocycles. The molecule has 0 radical (unpaired) electrons. The first-order chi connectivity index (χ1) is 11.7. The second-order valence-electron chi connectivity index (χ2n) is 5.60. The predicted molar refractivity (Wildman–Crippen MR) is 89.3 cm³/mol. The minimum absolute atomic E-state index is 0.143. The van der Waals surface area contributed by atoms with Gasteiger partial charge in [0.05, 0.1) is 16.9 Å². The molecule has 0 aliphatic heterocycles. The molecule has 2 rings (SSSR count). The second kappa shape index (κ2) is 7.38. The van der Waals surface area contributed by atoms with E-state index in [1.165, 1.54) is 25.1 Å². The second-order valence-corrected chi connectivity index (χ2v) is 5.60. The van der Waals surface area contributed by atoms with Crippen LogP contribution in [0.3, 0.4) is 0 Å². The Morgan fingerprint density at radius 1 is 1.08 bits per heavy atom. The van der Waals surface area contributed by atoms with Crippen molar-refractivity contribution in [2.45, 2.75) is 25.9 Å². The lowest BCUT2D eigenvalue weighted by atomic mass is 10.0. The largest absolute Gasteiger partial charge is 0.416 e. The molecule has 0 aliphatic carbocycles. The highest BCUT2D eigenvalue weighted by Gasteiger charge is 2.29. The van der Waals surface area contributed by atoms with Crippen molar-refractivity contribution in [3.63, 3.8) is 0 Å². The Bertz CT molecular complexity index is 784. The molecule has 0 heterocycles. The van der Waals surface area contributed by atoms with Crippen LogP contribution in [0.2, 0.25) is 0 Å². The summed E-state index contributed by atoms with van der Waals surface area (Å²) in [7, 11) is 0. The first-order valence-electron chi connectivity index (χ1n) is 7.53. The Kier molecular flexibility index (Phi) is 5.46. The van der Waals surface area contributed by atoms with E-state index in [4.69, 9.17) is 5.73 Å². The maximum Gasteiger partial charge on any atom is 0.416 e. The lowest BCUT2D eigenvalue weighted by Gasteiger charge is -2.09. The molecule has 25 heavy (non-hydrogen) atoms. The summed E-state index contributed by atoms with van der Waals surface area (Å²) in [6.45, 7) is 1.35. The molecule has 0 aliphatic rings. The van der Waals surface area contributed by atoms with Crippen molar-refractivity contribution in [3.8, 4) is 0 Å². The Morgan fingerprint density at radius 2 is 1.72 bits per heavy atom. The minimum atomic E-state index is -4.37. The Labute approximate surface area is 142 Å². The number of carbonyl (C=O) groups excluding carboxylic acids is 2. The van der Waals surface area contributed by atoms with Gasteiger partial charge in [-0.05, 0) is 42.3 Å². The number of nitrogens with one attached hydrogen (secondary N) is 1. The van der Waals surface area contributed by atoms with Crippen LogP contribution in [0.5, 0.6) is 0 Å². The number of aryl methyl sites for hydroxylation is 1. The molecular formula is C18H17F3N2O2. The lowest BCUT2D eigenvalue weighted by Crippen LogP contribution is -2.09. The van der Waals surface area contributed by atoms with Crippen molar-refractivity contribution >= 4 is 23.1 Å². The molecular weight excluding hydrogens is 333 g/mol. The SMILES string of the molecule is CC(=O)Nc1ccc(C(=O)CCc2ccc(C(F)(F)F)cc2)cc1N. The van der Waals surface area contributed by atoms with Gasteiger partial charge in [-0.15, -0.1) is 0 Å². The van der Waals surface area contributed by atoms with Crippen LogP contribution in [0.4, 0.5) is 24.5 Å². The van der Waals surface area contributed by atoms with Gasteiger partial charge in [0.1, 0.15) is 0 Å². The van der Waals surface area contributed by atoms with E-state index in [0.29, 0.717) is 23.2 Å². The molecule has 0 aromatic heterocycles. The third-order valence-corrected chi connectivity index (χ3v) is 3.61. The number of carbonyl (C=O) groups is 2. The van der Waals surface area contributed by atoms with Crippen molar-refractivity contribution in [3.05, 3.63) is 59.2 Å². The Balaban J connectivity index is 2.00. The number of benzene rings is 2. The highest BCUT2D eigenvalue weighted by atomic mass is 19.4. The molecule has 3 N–H and O–H groups in total. The average molecular weight is 350 g/mol. The van der Waals surface area contributed by atoms with Crippen LogP contribution in [0, 0.1) is 0 Å². The van der Waals surface area contributed by atoms with Gasteiger partial charge in [-0.1, -0.05) is 12.1 Å². The van der Waals surface area contributed by atoms with E-state index in [2.05, 4.69) is 5.32 Å².